The fraction of sp³-hybridized carbons (Fsp3) is 0.412. The van der Waals surface area contributed by atoms with Crippen LogP contribution < -0.4 is 16.1 Å². The van der Waals surface area contributed by atoms with Gasteiger partial charge in [-0.25, -0.2) is 0 Å². The average Bonchev–Trinajstić information content (AvgIpc) is 2.48. The number of allylic oxidation sites excluding steroid dienone is 1. The summed E-state index contributed by atoms with van der Waals surface area (Å²) in [6.45, 7) is 4.11. The number of hydrogen-bond donors (Lipinski definition) is 3. The predicted molar refractivity (Wildman–Crippen MR) is 90.1 cm³/mol. The summed E-state index contributed by atoms with van der Waals surface area (Å²) in [5.74, 6) is 0.0569. The molecule has 2 unspecified atom stereocenters. The van der Waals surface area contributed by atoms with Crippen LogP contribution in [0, 0.1) is 0 Å². The Balaban J connectivity index is 1.86. The highest BCUT2D eigenvalue weighted by Gasteiger charge is 2.24. The molecule has 0 bridgehead atoms. The van der Waals surface area contributed by atoms with Crippen molar-refractivity contribution in [1.82, 2.24) is 16.1 Å². The summed E-state index contributed by atoms with van der Waals surface area (Å²) in [6, 6.07) is 10.3. The zero-order valence-corrected chi connectivity index (χ0v) is 13.2. The summed E-state index contributed by atoms with van der Waals surface area (Å²) in [7, 11) is 0. The molecule has 1 aromatic carbocycles. The molecule has 1 amide bonds. The van der Waals surface area contributed by atoms with Crippen molar-refractivity contribution in [1.29, 1.82) is 0 Å². The first-order valence-corrected chi connectivity index (χ1v) is 7.74. The molecular formula is C17H24N4O. The van der Waals surface area contributed by atoms with Crippen LogP contribution in [0.5, 0.6) is 0 Å². The van der Waals surface area contributed by atoms with Crippen molar-refractivity contribution in [2.45, 2.75) is 45.4 Å². The van der Waals surface area contributed by atoms with E-state index in [1.54, 1.807) is 6.21 Å². The Morgan fingerprint density at radius 3 is 2.91 bits per heavy atom. The molecule has 118 valence electrons. The first-order valence-electron chi connectivity index (χ1n) is 7.74. The van der Waals surface area contributed by atoms with Crippen LogP contribution in [-0.4, -0.2) is 24.5 Å². The Kier molecular flexibility index (Phi) is 6.15. The highest BCUT2D eigenvalue weighted by molar-refractivity contribution is 5.84. The molecule has 1 heterocycles. The third-order valence-electron chi connectivity index (χ3n) is 3.44. The van der Waals surface area contributed by atoms with E-state index in [9.17, 15) is 4.79 Å². The lowest BCUT2D eigenvalue weighted by Crippen LogP contribution is -2.61. The van der Waals surface area contributed by atoms with E-state index < -0.39 is 0 Å². The van der Waals surface area contributed by atoms with Crippen molar-refractivity contribution >= 4 is 18.2 Å². The Morgan fingerprint density at radius 2 is 2.18 bits per heavy atom. The van der Waals surface area contributed by atoms with Gasteiger partial charge in [0, 0.05) is 18.7 Å². The summed E-state index contributed by atoms with van der Waals surface area (Å²) in [4.78, 5) is 11.6. The average molecular weight is 300 g/mol. The van der Waals surface area contributed by atoms with E-state index in [2.05, 4.69) is 34.2 Å². The van der Waals surface area contributed by atoms with Crippen LogP contribution in [0.15, 0.2) is 41.0 Å². The monoisotopic (exact) mass is 300 g/mol. The lowest BCUT2D eigenvalue weighted by atomic mass is 10.1. The maximum absolute atomic E-state index is 11.6. The summed E-state index contributed by atoms with van der Waals surface area (Å²) in [5.41, 5.74) is 5.11. The van der Waals surface area contributed by atoms with Gasteiger partial charge in [-0.15, -0.1) is 0 Å². The molecule has 3 N–H and O–H groups in total. The van der Waals surface area contributed by atoms with Crippen LogP contribution in [0.2, 0.25) is 0 Å². The van der Waals surface area contributed by atoms with Gasteiger partial charge in [0.1, 0.15) is 0 Å². The normalized spacial score (nSPS) is 22.6. The van der Waals surface area contributed by atoms with Crippen molar-refractivity contribution in [2.75, 3.05) is 0 Å². The Bertz CT molecular complexity index is 539. The zero-order valence-electron chi connectivity index (χ0n) is 13.2. The minimum Gasteiger partial charge on any atom is -0.322 e. The number of carbonyl (C=O) groups excluding carboxylic acids is 1. The number of amides is 1. The molecule has 0 spiro atoms. The molecule has 0 radical (unpaired) electrons. The second kappa shape index (κ2) is 8.34. The van der Waals surface area contributed by atoms with Gasteiger partial charge in [-0.3, -0.25) is 15.5 Å². The Labute approximate surface area is 131 Å². The van der Waals surface area contributed by atoms with Crippen molar-refractivity contribution in [3.63, 3.8) is 0 Å². The predicted octanol–water partition coefficient (Wildman–Crippen LogP) is 2.23. The second-order valence-corrected chi connectivity index (χ2v) is 5.54. The van der Waals surface area contributed by atoms with Crippen molar-refractivity contribution in [3.05, 3.63) is 41.5 Å². The maximum Gasteiger partial charge on any atom is 0.224 e. The molecule has 1 saturated heterocycles. The van der Waals surface area contributed by atoms with Gasteiger partial charge < -0.3 is 5.32 Å². The zero-order chi connectivity index (χ0) is 15.8. The van der Waals surface area contributed by atoms with E-state index in [1.165, 1.54) is 0 Å². The van der Waals surface area contributed by atoms with Gasteiger partial charge in [0.2, 0.25) is 5.91 Å². The molecule has 0 aliphatic carbocycles. The first kappa shape index (κ1) is 16.2. The number of rotatable bonds is 6. The highest BCUT2D eigenvalue weighted by atomic mass is 16.2. The van der Waals surface area contributed by atoms with E-state index >= 15 is 0 Å². The number of hydrogen-bond acceptors (Lipinski definition) is 4. The van der Waals surface area contributed by atoms with Crippen LogP contribution in [-0.2, 0) is 4.79 Å². The third-order valence-corrected chi connectivity index (χ3v) is 3.44. The van der Waals surface area contributed by atoms with Gasteiger partial charge in [-0.1, -0.05) is 49.8 Å². The SMILES string of the molecule is CCCC1CC(=O)NC(N/N=C/C(C)=C\c2ccccc2)N1. The van der Waals surface area contributed by atoms with Crippen LogP contribution in [0.1, 0.15) is 38.7 Å². The fourth-order valence-electron chi connectivity index (χ4n) is 2.45. The van der Waals surface area contributed by atoms with Gasteiger partial charge >= 0.3 is 0 Å². The molecule has 1 fully saturated rings. The van der Waals surface area contributed by atoms with Crippen LogP contribution in [0.25, 0.3) is 6.08 Å². The summed E-state index contributed by atoms with van der Waals surface area (Å²) in [6.07, 6.45) is 6.08. The first-order chi connectivity index (χ1) is 10.7. The quantitative estimate of drug-likeness (QED) is 0.557. The van der Waals surface area contributed by atoms with E-state index in [4.69, 9.17) is 0 Å². The number of benzene rings is 1. The van der Waals surface area contributed by atoms with Crippen molar-refractivity contribution < 1.29 is 4.79 Å². The minimum absolute atomic E-state index is 0.0569. The van der Waals surface area contributed by atoms with Gasteiger partial charge in [-0.05, 0) is 24.5 Å². The molecule has 1 aliphatic heterocycles. The fourth-order valence-corrected chi connectivity index (χ4v) is 2.45. The molecule has 5 nitrogen and oxygen atoms in total. The van der Waals surface area contributed by atoms with Gasteiger partial charge in [0.25, 0.3) is 0 Å². The standard InChI is InChI=1S/C17H24N4O/c1-3-7-15-11-16(22)20-17(19-15)21-18-12-13(2)10-14-8-5-4-6-9-14/h4-6,8-10,12,15,17,19,21H,3,7,11H2,1-2H3,(H,20,22)/b13-10-,18-12+. The summed E-state index contributed by atoms with van der Waals surface area (Å²) in [5, 5.41) is 10.4. The molecule has 2 rings (SSSR count). The number of nitrogens with zero attached hydrogens (tertiary/aromatic N) is 1. The smallest absolute Gasteiger partial charge is 0.224 e. The highest BCUT2D eigenvalue weighted by Crippen LogP contribution is 2.06. The number of nitrogens with one attached hydrogen (secondary N) is 3. The van der Waals surface area contributed by atoms with Crippen molar-refractivity contribution in [3.8, 4) is 0 Å². The van der Waals surface area contributed by atoms with Gasteiger partial charge in [0.15, 0.2) is 6.29 Å². The Morgan fingerprint density at radius 1 is 1.41 bits per heavy atom. The Hall–Kier alpha value is -2.14. The molecular weight excluding hydrogens is 276 g/mol. The van der Waals surface area contributed by atoms with Crippen LogP contribution in [0.3, 0.4) is 0 Å². The van der Waals surface area contributed by atoms with Crippen LogP contribution in [0.4, 0.5) is 0 Å². The van der Waals surface area contributed by atoms with E-state index in [1.807, 2.05) is 37.3 Å². The largest absolute Gasteiger partial charge is 0.322 e. The molecule has 1 aliphatic rings. The molecule has 22 heavy (non-hydrogen) atoms. The van der Waals surface area contributed by atoms with Crippen LogP contribution >= 0.6 is 0 Å². The van der Waals surface area contributed by atoms with E-state index in [0.29, 0.717) is 6.42 Å². The molecule has 0 aromatic heterocycles. The molecule has 5 heteroatoms. The summed E-state index contributed by atoms with van der Waals surface area (Å²) >= 11 is 0. The molecule has 2 atom stereocenters. The lowest BCUT2D eigenvalue weighted by Gasteiger charge is -2.30. The molecule has 1 aromatic rings. The van der Waals surface area contributed by atoms with E-state index in [-0.39, 0.29) is 18.2 Å². The maximum atomic E-state index is 11.6. The van der Waals surface area contributed by atoms with E-state index in [0.717, 1.165) is 24.0 Å². The topological polar surface area (TPSA) is 65.5 Å². The third kappa shape index (κ3) is 5.33. The molecule has 0 saturated carbocycles. The number of hydrazone groups is 1. The minimum atomic E-state index is -0.307. The number of carbonyl (C=O) groups is 1. The van der Waals surface area contributed by atoms with Gasteiger partial charge in [-0.2, -0.15) is 5.10 Å². The van der Waals surface area contributed by atoms with Crippen molar-refractivity contribution in [2.24, 2.45) is 5.10 Å². The van der Waals surface area contributed by atoms with Gasteiger partial charge in [0.05, 0.1) is 0 Å². The summed E-state index contributed by atoms with van der Waals surface area (Å²) < 4.78 is 0. The second-order valence-electron chi connectivity index (χ2n) is 5.54. The lowest BCUT2D eigenvalue weighted by molar-refractivity contribution is -0.124.